The fourth-order valence-corrected chi connectivity index (χ4v) is 3.91. The fraction of sp³-hybridized carbons (Fsp3) is 0.667. The van der Waals surface area contributed by atoms with Crippen molar-refractivity contribution in [3.05, 3.63) is 20.8 Å². The summed E-state index contributed by atoms with van der Waals surface area (Å²) in [5, 5.41) is 12.4. The molecule has 0 bridgehead atoms. The monoisotopic (exact) mass is 288 g/mol. The molecule has 0 atom stereocenters. The highest BCUT2D eigenvalue weighted by atomic mass is 79.9. The number of hydrogen-bond donors (Lipinski definition) is 1. The van der Waals surface area contributed by atoms with E-state index in [-0.39, 0.29) is 0 Å². The van der Waals surface area contributed by atoms with E-state index in [1.807, 2.05) is 0 Å². The molecule has 1 aliphatic rings. The third kappa shape index (κ3) is 2.45. The molecule has 2 rings (SSSR count). The predicted molar refractivity (Wildman–Crippen MR) is 68.2 cm³/mol. The van der Waals surface area contributed by atoms with Gasteiger partial charge in [0, 0.05) is 15.8 Å². The van der Waals surface area contributed by atoms with Crippen molar-refractivity contribution >= 4 is 27.3 Å². The van der Waals surface area contributed by atoms with Gasteiger partial charge in [-0.2, -0.15) is 0 Å². The van der Waals surface area contributed by atoms with Crippen molar-refractivity contribution in [2.75, 3.05) is 0 Å². The van der Waals surface area contributed by atoms with Crippen LogP contribution in [-0.4, -0.2) is 10.7 Å². The summed E-state index contributed by atoms with van der Waals surface area (Å²) in [6, 6.07) is 2.06. The van der Waals surface area contributed by atoms with E-state index in [0.29, 0.717) is 11.8 Å². The molecular formula is C12H17BrOS. The molecule has 0 radical (unpaired) electrons. The molecule has 3 heteroatoms. The van der Waals surface area contributed by atoms with Crippen LogP contribution in [0.25, 0.3) is 0 Å². The van der Waals surface area contributed by atoms with Crippen LogP contribution in [0.5, 0.6) is 0 Å². The molecule has 1 nitrogen and oxygen atoms in total. The molecule has 1 heterocycles. The third-order valence-electron chi connectivity index (χ3n) is 3.41. The molecule has 0 spiro atoms. The van der Waals surface area contributed by atoms with Gasteiger partial charge in [-0.1, -0.05) is 13.8 Å². The molecule has 84 valence electrons. The highest BCUT2D eigenvalue weighted by Crippen LogP contribution is 2.45. The Morgan fingerprint density at radius 3 is 2.73 bits per heavy atom. The summed E-state index contributed by atoms with van der Waals surface area (Å²) in [7, 11) is 0. The van der Waals surface area contributed by atoms with Crippen molar-refractivity contribution in [1.82, 2.24) is 0 Å². The number of rotatable bonds is 3. The summed E-state index contributed by atoms with van der Waals surface area (Å²) in [4.78, 5) is 1.28. The summed E-state index contributed by atoms with van der Waals surface area (Å²) >= 11 is 5.24. The van der Waals surface area contributed by atoms with Crippen molar-refractivity contribution in [3.63, 3.8) is 0 Å². The standard InChI is InChI=1S/C12H17BrOS/c1-8(2)9-5-12(14,6-9)7-11-10(13)3-4-15-11/h3-4,8-9,14H,5-7H2,1-2H3. The van der Waals surface area contributed by atoms with Gasteiger partial charge >= 0.3 is 0 Å². The highest BCUT2D eigenvalue weighted by molar-refractivity contribution is 9.10. The molecule has 1 saturated carbocycles. The van der Waals surface area contributed by atoms with Crippen molar-refractivity contribution in [2.45, 2.75) is 38.7 Å². The lowest BCUT2D eigenvalue weighted by Gasteiger charge is -2.45. The number of aliphatic hydroxyl groups is 1. The van der Waals surface area contributed by atoms with Gasteiger partial charge in [-0.25, -0.2) is 0 Å². The van der Waals surface area contributed by atoms with E-state index in [4.69, 9.17) is 0 Å². The molecule has 1 N–H and O–H groups in total. The fourth-order valence-electron chi connectivity index (χ4n) is 2.28. The Labute approximate surface area is 104 Å². The molecule has 1 aliphatic carbocycles. The molecule has 15 heavy (non-hydrogen) atoms. The molecule has 0 unspecified atom stereocenters. The van der Waals surface area contributed by atoms with E-state index in [1.165, 1.54) is 4.88 Å². The Balaban J connectivity index is 1.95. The first-order valence-corrected chi connectivity index (χ1v) is 7.12. The lowest BCUT2D eigenvalue weighted by molar-refractivity contribution is -0.0855. The Morgan fingerprint density at radius 1 is 1.60 bits per heavy atom. The van der Waals surface area contributed by atoms with Gasteiger partial charge in [0.25, 0.3) is 0 Å². The second-order valence-corrected chi connectivity index (χ2v) is 6.86. The van der Waals surface area contributed by atoms with Crippen LogP contribution in [0, 0.1) is 11.8 Å². The van der Waals surface area contributed by atoms with E-state index < -0.39 is 5.60 Å². The maximum absolute atomic E-state index is 10.3. The molecular weight excluding hydrogens is 272 g/mol. The maximum Gasteiger partial charge on any atom is 0.0701 e. The van der Waals surface area contributed by atoms with E-state index in [2.05, 4.69) is 41.2 Å². The quantitative estimate of drug-likeness (QED) is 0.896. The van der Waals surface area contributed by atoms with Gasteiger partial charge in [0.15, 0.2) is 0 Å². The Kier molecular flexibility index (Phi) is 3.25. The minimum absolute atomic E-state index is 0.428. The van der Waals surface area contributed by atoms with Crippen LogP contribution in [0.3, 0.4) is 0 Å². The van der Waals surface area contributed by atoms with Gasteiger partial charge in [-0.3, -0.25) is 0 Å². The lowest BCUT2D eigenvalue weighted by Crippen LogP contribution is -2.47. The summed E-state index contributed by atoms with van der Waals surface area (Å²) in [6.07, 6.45) is 2.75. The lowest BCUT2D eigenvalue weighted by atomic mass is 9.65. The molecule has 1 aromatic heterocycles. The first-order valence-electron chi connectivity index (χ1n) is 5.44. The molecule has 0 saturated heterocycles. The summed E-state index contributed by atoms with van der Waals surface area (Å²) in [6.45, 7) is 4.48. The smallest absolute Gasteiger partial charge is 0.0701 e. The largest absolute Gasteiger partial charge is 0.389 e. The van der Waals surface area contributed by atoms with Crippen molar-refractivity contribution in [3.8, 4) is 0 Å². The molecule has 1 fully saturated rings. The van der Waals surface area contributed by atoms with Gasteiger partial charge in [-0.15, -0.1) is 11.3 Å². The van der Waals surface area contributed by atoms with Crippen molar-refractivity contribution < 1.29 is 5.11 Å². The number of halogens is 1. The minimum Gasteiger partial charge on any atom is -0.389 e. The average Bonchev–Trinajstić information content (AvgIpc) is 2.47. The molecule has 0 aliphatic heterocycles. The van der Waals surface area contributed by atoms with E-state index >= 15 is 0 Å². The van der Waals surface area contributed by atoms with Gasteiger partial charge in [0.2, 0.25) is 0 Å². The van der Waals surface area contributed by atoms with Gasteiger partial charge in [-0.05, 0) is 52.1 Å². The van der Waals surface area contributed by atoms with Crippen LogP contribution < -0.4 is 0 Å². The van der Waals surface area contributed by atoms with Crippen LogP contribution in [0.4, 0.5) is 0 Å². The molecule has 0 amide bonds. The highest BCUT2D eigenvalue weighted by Gasteiger charge is 2.43. The average molecular weight is 289 g/mol. The SMILES string of the molecule is CC(C)C1CC(O)(Cc2sccc2Br)C1. The summed E-state index contributed by atoms with van der Waals surface area (Å²) in [5.41, 5.74) is -0.428. The van der Waals surface area contributed by atoms with Crippen LogP contribution >= 0.6 is 27.3 Å². The Hall–Kier alpha value is 0.140. The Morgan fingerprint density at radius 2 is 2.27 bits per heavy atom. The topological polar surface area (TPSA) is 20.2 Å². The second kappa shape index (κ2) is 4.19. The minimum atomic E-state index is -0.428. The normalized spacial score (nSPS) is 30.6. The number of hydrogen-bond acceptors (Lipinski definition) is 2. The first-order chi connectivity index (χ1) is 7.00. The van der Waals surface area contributed by atoms with Crippen LogP contribution in [-0.2, 0) is 6.42 Å². The van der Waals surface area contributed by atoms with Crippen LogP contribution in [0.15, 0.2) is 15.9 Å². The zero-order chi connectivity index (χ0) is 11.1. The van der Waals surface area contributed by atoms with Gasteiger partial charge < -0.3 is 5.11 Å². The summed E-state index contributed by atoms with van der Waals surface area (Å²) in [5.74, 6) is 1.42. The molecule has 0 aromatic carbocycles. The zero-order valence-electron chi connectivity index (χ0n) is 9.16. The maximum atomic E-state index is 10.3. The van der Waals surface area contributed by atoms with Crippen molar-refractivity contribution in [1.29, 1.82) is 0 Å². The van der Waals surface area contributed by atoms with Crippen molar-refractivity contribution in [2.24, 2.45) is 11.8 Å². The van der Waals surface area contributed by atoms with Gasteiger partial charge in [0.05, 0.1) is 5.60 Å². The van der Waals surface area contributed by atoms with E-state index in [1.54, 1.807) is 11.3 Å². The Bertz CT molecular complexity index is 339. The zero-order valence-corrected chi connectivity index (χ0v) is 11.6. The number of thiophene rings is 1. The predicted octanol–water partition coefficient (Wildman–Crippen LogP) is 3.85. The first kappa shape index (κ1) is 11.6. The molecule has 1 aromatic rings. The van der Waals surface area contributed by atoms with Gasteiger partial charge in [0.1, 0.15) is 0 Å². The third-order valence-corrected chi connectivity index (χ3v) is 5.33. The van der Waals surface area contributed by atoms with E-state index in [9.17, 15) is 5.11 Å². The van der Waals surface area contributed by atoms with Crippen LogP contribution in [0.1, 0.15) is 31.6 Å². The van der Waals surface area contributed by atoms with E-state index in [0.717, 1.165) is 23.7 Å². The van der Waals surface area contributed by atoms with Crippen LogP contribution in [0.2, 0.25) is 0 Å². The second-order valence-electron chi connectivity index (χ2n) is 5.01. The summed E-state index contributed by atoms with van der Waals surface area (Å²) < 4.78 is 1.15.